The lowest BCUT2D eigenvalue weighted by molar-refractivity contribution is 0.0278. The lowest BCUT2D eigenvalue weighted by Crippen LogP contribution is -2.27. The van der Waals surface area contributed by atoms with Crippen molar-refractivity contribution in [1.82, 2.24) is 4.72 Å². The molecule has 1 aliphatic rings. The van der Waals surface area contributed by atoms with Gasteiger partial charge in [0.1, 0.15) is 5.75 Å². The first-order valence-corrected chi connectivity index (χ1v) is 11.1. The largest absolute Gasteiger partial charge is 0.496 e. The van der Waals surface area contributed by atoms with Crippen molar-refractivity contribution >= 4 is 10.0 Å². The Labute approximate surface area is 158 Å². The van der Waals surface area contributed by atoms with Crippen molar-refractivity contribution in [1.29, 1.82) is 0 Å². The van der Waals surface area contributed by atoms with E-state index in [1.54, 1.807) is 26.2 Å². The third kappa shape index (κ3) is 5.69. The molecule has 0 saturated heterocycles. The Kier molecular flexibility index (Phi) is 7.92. The van der Waals surface area contributed by atoms with E-state index in [-0.39, 0.29) is 5.92 Å². The summed E-state index contributed by atoms with van der Waals surface area (Å²) < 4.78 is 39.4. The number of aryl methyl sites for hydroxylation is 1. The van der Waals surface area contributed by atoms with Crippen molar-refractivity contribution in [3.8, 4) is 5.75 Å². The topological polar surface area (TPSA) is 64.6 Å². The summed E-state index contributed by atoms with van der Waals surface area (Å²) in [5.74, 6) is 0.917. The van der Waals surface area contributed by atoms with Crippen LogP contribution in [0.15, 0.2) is 17.0 Å². The fourth-order valence-electron chi connectivity index (χ4n) is 3.43. The normalized spacial score (nSPS) is 16.2. The van der Waals surface area contributed by atoms with E-state index in [4.69, 9.17) is 9.47 Å². The van der Waals surface area contributed by atoms with Gasteiger partial charge in [-0.1, -0.05) is 33.1 Å². The van der Waals surface area contributed by atoms with Crippen LogP contribution in [0.25, 0.3) is 0 Å². The molecule has 0 bridgehead atoms. The van der Waals surface area contributed by atoms with Gasteiger partial charge >= 0.3 is 0 Å². The van der Waals surface area contributed by atoms with Crippen molar-refractivity contribution in [3.05, 3.63) is 23.3 Å². The second kappa shape index (κ2) is 9.72. The number of methoxy groups -OCH3 is 1. The molecule has 1 aromatic rings. The van der Waals surface area contributed by atoms with Crippen molar-refractivity contribution in [3.63, 3.8) is 0 Å². The molecule has 5 nitrogen and oxygen atoms in total. The molecule has 2 rings (SSSR count). The smallest absolute Gasteiger partial charge is 0.240 e. The molecule has 148 valence electrons. The highest BCUT2D eigenvalue weighted by Gasteiger charge is 2.20. The Morgan fingerprint density at radius 1 is 1.19 bits per heavy atom. The van der Waals surface area contributed by atoms with E-state index in [1.807, 2.05) is 13.8 Å². The molecule has 6 heteroatoms. The quantitative estimate of drug-likeness (QED) is 0.651. The predicted molar refractivity (Wildman–Crippen MR) is 104 cm³/mol. The molecule has 1 aromatic carbocycles. The number of hydrogen-bond acceptors (Lipinski definition) is 4. The first-order chi connectivity index (χ1) is 12.3. The van der Waals surface area contributed by atoms with Gasteiger partial charge < -0.3 is 9.47 Å². The Balaban J connectivity index is 1.93. The van der Waals surface area contributed by atoms with Gasteiger partial charge in [0.2, 0.25) is 10.0 Å². The van der Waals surface area contributed by atoms with Gasteiger partial charge in [0.05, 0.1) is 18.1 Å². The van der Waals surface area contributed by atoms with Gasteiger partial charge in [0.25, 0.3) is 0 Å². The highest BCUT2D eigenvalue weighted by molar-refractivity contribution is 7.89. The summed E-state index contributed by atoms with van der Waals surface area (Å²) in [5, 5.41) is 0. The van der Waals surface area contributed by atoms with Gasteiger partial charge in [-0.2, -0.15) is 0 Å². The van der Waals surface area contributed by atoms with Crippen LogP contribution in [0.3, 0.4) is 0 Å². The molecule has 1 aliphatic carbocycles. The number of hydrogen-bond donors (Lipinski definition) is 1. The molecule has 0 unspecified atom stereocenters. The fourth-order valence-corrected chi connectivity index (χ4v) is 4.77. The Hall–Kier alpha value is -1.11. The highest BCUT2D eigenvalue weighted by Crippen LogP contribution is 2.31. The second-order valence-electron chi connectivity index (χ2n) is 7.40. The Morgan fingerprint density at radius 2 is 1.88 bits per heavy atom. The first-order valence-electron chi connectivity index (χ1n) is 9.65. The molecule has 0 aliphatic heterocycles. The van der Waals surface area contributed by atoms with E-state index < -0.39 is 10.0 Å². The van der Waals surface area contributed by atoms with E-state index in [2.05, 4.69) is 4.72 Å². The lowest BCUT2D eigenvalue weighted by Gasteiger charge is -2.22. The average Bonchev–Trinajstić information content (AvgIpc) is 2.61. The zero-order valence-electron chi connectivity index (χ0n) is 16.5. The van der Waals surface area contributed by atoms with E-state index in [1.165, 1.54) is 19.3 Å². The molecule has 0 amide bonds. The van der Waals surface area contributed by atoms with Crippen LogP contribution in [0.5, 0.6) is 5.75 Å². The average molecular weight is 384 g/mol. The maximum Gasteiger partial charge on any atom is 0.240 e. The lowest BCUT2D eigenvalue weighted by atomic mass is 9.98. The van der Waals surface area contributed by atoms with Crippen LogP contribution < -0.4 is 9.46 Å². The molecule has 0 heterocycles. The van der Waals surface area contributed by atoms with Crippen LogP contribution in [-0.4, -0.2) is 34.8 Å². The van der Waals surface area contributed by atoms with E-state index in [0.717, 1.165) is 24.2 Å². The maximum absolute atomic E-state index is 12.7. The summed E-state index contributed by atoms with van der Waals surface area (Å²) >= 11 is 0. The number of sulfonamides is 1. The van der Waals surface area contributed by atoms with E-state index >= 15 is 0 Å². The molecule has 0 atom stereocenters. The SMILES string of the molecule is COc1cc(C)c(S(=O)(=O)NCCCOC2CCCCC2)cc1C(C)C. The zero-order chi connectivity index (χ0) is 19.2. The van der Waals surface area contributed by atoms with Gasteiger partial charge in [0.15, 0.2) is 0 Å². The summed E-state index contributed by atoms with van der Waals surface area (Å²) in [5.41, 5.74) is 1.59. The summed E-state index contributed by atoms with van der Waals surface area (Å²) in [7, 11) is -1.93. The maximum atomic E-state index is 12.7. The van der Waals surface area contributed by atoms with Crippen LogP contribution in [0.4, 0.5) is 0 Å². The van der Waals surface area contributed by atoms with Gasteiger partial charge in [-0.25, -0.2) is 13.1 Å². The molecule has 1 saturated carbocycles. The number of rotatable bonds is 9. The van der Waals surface area contributed by atoms with Gasteiger partial charge in [-0.05, 0) is 55.4 Å². The molecule has 0 radical (unpaired) electrons. The predicted octanol–water partition coefficient (Wildman–Crippen LogP) is 4.14. The first kappa shape index (κ1) is 21.2. The second-order valence-corrected chi connectivity index (χ2v) is 9.13. The third-order valence-corrected chi connectivity index (χ3v) is 6.56. The number of ether oxygens (including phenoxy) is 2. The third-order valence-electron chi connectivity index (χ3n) is 4.96. The van der Waals surface area contributed by atoms with Gasteiger partial charge in [0, 0.05) is 13.2 Å². The zero-order valence-corrected chi connectivity index (χ0v) is 17.3. The van der Waals surface area contributed by atoms with Crippen LogP contribution in [0, 0.1) is 6.92 Å². The summed E-state index contributed by atoms with van der Waals surface area (Å²) in [6.45, 7) is 6.84. The van der Waals surface area contributed by atoms with Crippen LogP contribution >= 0.6 is 0 Å². The summed E-state index contributed by atoms with van der Waals surface area (Å²) in [6.07, 6.45) is 7.10. The summed E-state index contributed by atoms with van der Waals surface area (Å²) in [4.78, 5) is 0.329. The van der Waals surface area contributed by atoms with Crippen molar-refractivity contribution in [2.24, 2.45) is 0 Å². The monoisotopic (exact) mass is 383 g/mol. The van der Waals surface area contributed by atoms with E-state index in [0.29, 0.717) is 36.1 Å². The Bertz CT molecular complexity index is 679. The van der Waals surface area contributed by atoms with Crippen LogP contribution in [-0.2, 0) is 14.8 Å². The molecular formula is C20H33NO4S. The van der Waals surface area contributed by atoms with Gasteiger partial charge in [-0.3, -0.25) is 0 Å². The number of benzene rings is 1. The highest BCUT2D eigenvalue weighted by atomic mass is 32.2. The summed E-state index contributed by atoms with van der Waals surface area (Å²) in [6, 6.07) is 3.54. The van der Waals surface area contributed by atoms with Crippen molar-refractivity contribution in [2.45, 2.75) is 76.2 Å². The minimum absolute atomic E-state index is 0.184. The standard InChI is InChI=1S/C20H33NO4S/c1-15(2)18-14-20(16(3)13-19(18)24-4)26(22,23)21-11-8-12-25-17-9-6-5-7-10-17/h13-15,17,21H,5-12H2,1-4H3. The van der Waals surface area contributed by atoms with Crippen molar-refractivity contribution < 1.29 is 17.9 Å². The molecule has 26 heavy (non-hydrogen) atoms. The van der Waals surface area contributed by atoms with E-state index in [9.17, 15) is 8.42 Å². The van der Waals surface area contributed by atoms with Crippen LogP contribution in [0.2, 0.25) is 0 Å². The minimum atomic E-state index is -3.54. The van der Waals surface area contributed by atoms with Gasteiger partial charge in [-0.15, -0.1) is 0 Å². The molecule has 0 spiro atoms. The fraction of sp³-hybridized carbons (Fsp3) is 0.700. The van der Waals surface area contributed by atoms with Crippen LogP contribution in [0.1, 0.15) is 69.4 Å². The molecular weight excluding hydrogens is 350 g/mol. The molecule has 1 N–H and O–H groups in total. The molecule has 0 aromatic heterocycles. The number of nitrogens with one attached hydrogen (secondary N) is 1. The van der Waals surface area contributed by atoms with Crippen molar-refractivity contribution in [2.75, 3.05) is 20.3 Å². The molecule has 1 fully saturated rings. The minimum Gasteiger partial charge on any atom is -0.496 e. The Morgan fingerprint density at radius 3 is 2.50 bits per heavy atom.